The summed E-state index contributed by atoms with van der Waals surface area (Å²) in [4.78, 5) is 21.2. The molecule has 2 saturated carbocycles. The van der Waals surface area contributed by atoms with Crippen molar-refractivity contribution in [3.63, 3.8) is 0 Å². The van der Waals surface area contributed by atoms with Gasteiger partial charge in [0.25, 0.3) is 0 Å². The fourth-order valence-electron chi connectivity index (χ4n) is 9.01. The molecular weight excluding hydrogens is 813 g/mol. The van der Waals surface area contributed by atoms with Crippen molar-refractivity contribution >= 4 is 20.3 Å². The topological polar surface area (TPSA) is 185 Å². The van der Waals surface area contributed by atoms with E-state index in [-0.39, 0.29) is 47.7 Å². The van der Waals surface area contributed by atoms with Crippen molar-refractivity contribution in [3.8, 4) is 0 Å². The minimum atomic E-state index is -1.94. The highest BCUT2D eigenvalue weighted by Crippen LogP contribution is 2.42. The van der Waals surface area contributed by atoms with E-state index in [0.29, 0.717) is 64.2 Å². The summed E-state index contributed by atoms with van der Waals surface area (Å²) >= 11 is 0. The maximum Gasteiger partial charge on any atom is 0.303 e. The molecule has 10 atom stereocenters. The molecule has 0 bridgehead atoms. The molecule has 2 fully saturated rings. The van der Waals surface area contributed by atoms with E-state index >= 15 is 0 Å². The van der Waals surface area contributed by atoms with Crippen LogP contribution in [0.2, 0.25) is 18.1 Å². The lowest BCUT2D eigenvalue weighted by atomic mass is 9.85. The van der Waals surface area contributed by atoms with Crippen molar-refractivity contribution in [3.05, 3.63) is 96.1 Å². The van der Waals surface area contributed by atoms with E-state index in [1.54, 1.807) is 0 Å². The van der Waals surface area contributed by atoms with Crippen LogP contribution in [0.5, 0.6) is 0 Å². The second-order valence-corrected chi connectivity index (χ2v) is 24.5. The van der Waals surface area contributed by atoms with Crippen molar-refractivity contribution in [2.24, 2.45) is 23.7 Å². The number of rotatable bonds is 26. The molecule has 0 aromatic heterocycles. The first-order chi connectivity index (χ1) is 29.9. The number of hydrogen-bond donors (Lipinski definition) is 7. The minimum absolute atomic E-state index is 0.00736. The number of hydrogen-bond acceptors (Lipinski definition) is 8. The lowest BCUT2D eigenvalue weighted by Crippen LogP contribution is -2.44. The molecule has 2 aromatic rings. The number of aryl methyl sites for hydroxylation is 2. The van der Waals surface area contributed by atoms with Crippen molar-refractivity contribution in [2.45, 2.75) is 191 Å². The predicted octanol–water partition coefficient (Wildman–Crippen LogP) is 9.67. The van der Waals surface area contributed by atoms with E-state index in [2.05, 4.69) is 76.3 Å². The van der Waals surface area contributed by atoms with Gasteiger partial charge in [0, 0.05) is 18.9 Å². The van der Waals surface area contributed by atoms with Gasteiger partial charge in [-0.15, -0.1) is 0 Å². The van der Waals surface area contributed by atoms with Gasteiger partial charge in [-0.2, -0.15) is 0 Å². The monoisotopic (exact) mass is 895 g/mol. The Kier molecular flexibility index (Phi) is 24.1. The van der Waals surface area contributed by atoms with E-state index in [1.807, 2.05) is 42.5 Å². The molecule has 11 heteroatoms. The summed E-state index contributed by atoms with van der Waals surface area (Å²) in [6.07, 6.45) is 17.4. The van der Waals surface area contributed by atoms with E-state index in [0.717, 1.165) is 38.5 Å². The van der Waals surface area contributed by atoms with Crippen LogP contribution in [-0.2, 0) is 26.9 Å². The van der Waals surface area contributed by atoms with Gasteiger partial charge in [0.05, 0.1) is 30.5 Å². The Balaban J connectivity index is 0.000000344. The van der Waals surface area contributed by atoms with Gasteiger partial charge < -0.3 is 40.2 Å². The fraction of sp³-hybridized carbons (Fsp3) is 0.654. The average molecular weight is 895 g/mol. The lowest BCUT2D eigenvalue weighted by Gasteiger charge is -2.40. The maximum absolute atomic E-state index is 10.7. The Morgan fingerprint density at radius 2 is 1.05 bits per heavy atom. The van der Waals surface area contributed by atoms with E-state index in [1.165, 1.54) is 11.1 Å². The molecule has 0 spiro atoms. The summed E-state index contributed by atoms with van der Waals surface area (Å²) in [5, 5.41) is 69.8. The third kappa shape index (κ3) is 20.3. The van der Waals surface area contributed by atoms with Crippen LogP contribution in [-0.4, -0.2) is 92.6 Å². The molecule has 10 nitrogen and oxygen atoms in total. The van der Waals surface area contributed by atoms with Crippen molar-refractivity contribution in [2.75, 3.05) is 0 Å². The molecule has 0 radical (unpaired) electrons. The SMILES string of the molecule is CC(C)(C)[Si](C)(C)O[C@@H](CCc1ccccc1)CC[C@@H]1[C@@H](C/C=C\CCCC(=O)O)[C@@H](O)C[C@H]1O.O=C(O)CCC/C=C\C[C@@H]1[C@@H](CC[C@@H](O)CCc2ccccc2)[C@H](O)C[C@@H]1O. The quantitative estimate of drug-likeness (QED) is 0.0273. The van der Waals surface area contributed by atoms with E-state index in [9.17, 15) is 35.1 Å². The van der Waals surface area contributed by atoms with Crippen molar-refractivity contribution in [1.29, 1.82) is 0 Å². The number of carboxylic acid groups (broad SMARTS) is 2. The van der Waals surface area contributed by atoms with Gasteiger partial charge in [-0.05, 0) is 156 Å². The Bertz CT molecular complexity index is 1630. The van der Waals surface area contributed by atoms with Gasteiger partial charge in [-0.25, -0.2) is 0 Å². The molecule has 63 heavy (non-hydrogen) atoms. The zero-order chi connectivity index (χ0) is 46.4. The molecule has 7 N–H and O–H groups in total. The van der Waals surface area contributed by atoms with E-state index < -0.39 is 50.8 Å². The summed E-state index contributed by atoms with van der Waals surface area (Å²) in [6.45, 7) is 11.4. The molecule has 0 amide bonds. The highest BCUT2D eigenvalue weighted by atomic mass is 28.4. The number of allylic oxidation sites excluding steroid dienone is 4. The molecular formula is C52H82O10Si. The Labute approximate surface area is 379 Å². The Hall–Kier alpha value is -3.16. The van der Waals surface area contributed by atoms with Crippen LogP contribution >= 0.6 is 0 Å². The van der Waals surface area contributed by atoms with Gasteiger partial charge in [0.2, 0.25) is 0 Å². The number of carbonyl (C=O) groups is 2. The third-order valence-electron chi connectivity index (χ3n) is 13.8. The number of aliphatic hydroxyl groups is 5. The molecule has 2 aliphatic rings. The number of carboxylic acids is 2. The van der Waals surface area contributed by atoms with Crippen molar-refractivity contribution < 1.29 is 49.8 Å². The first-order valence-corrected chi connectivity index (χ1v) is 26.7. The molecule has 2 aliphatic carbocycles. The second kappa shape index (κ2) is 28.0. The van der Waals surface area contributed by atoms with Crippen LogP contribution in [0.1, 0.15) is 135 Å². The lowest BCUT2D eigenvalue weighted by molar-refractivity contribution is -0.138. The van der Waals surface area contributed by atoms with Crippen LogP contribution in [0.3, 0.4) is 0 Å². The smallest absolute Gasteiger partial charge is 0.303 e. The Morgan fingerprint density at radius 1 is 0.635 bits per heavy atom. The van der Waals surface area contributed by atoms with Crippen LogP contribution in [0.15, 0.2) is 85.0 Å². The summed E-state index contributed by atoms with van der Waals surface area (Å²) in [6, 6.07) is 20.6. The highest BCUT2D eigenvalue weighted by Gasteiger charge is 2.43. The zero-order valence-electron chi connectivity index (χ0n) is 38.9. The van der Waals surface area contributed by atoms with Crippen LogP contribution < -0.4 is 0 Å². The first-order valence-electron chi connectivity index (χ1n) is 23.8. The molecule has 2 aromatic carbocycles. The standard InChI is InChI=1S/C29H48O5Si.C23H34O5/c1-29(2,3)35(4,5)34-23(18-17-22-13-9-8-10-14-22)19-20-25-24(26(30)21-27(25)31)15-11-6-7-12-16-28(32)33;24-18(13-12-17-8-4-3-5-9-17)14-15-20-19(21(25)16-22(20)26)10-6-1-2-7-11-23(27)28/h6,8-11,13-14,23-27,30-31H,7,12,15-21H2,1-5H3,(H,32,33);1,3-6,8-9,18-22,24-26H,2,7,10-16H2,(H,27,28)/b11-6-;6-1-/t23-,24+,25+,26-,27+;18-,19+,20+,21-,22+/m00/s1. The molecule has 4 rings (SSSR count). The number of benzene rings is 2. The van der Waals surface area contributed by atoms with E-state index in [4.69, 9.17) is 14.6 Å². The largest absolute Gasteiger partial charge is 0.481 e. The third-order valence-corrected chi connectivity index (χ3v) is 18.4. The normalized spacial score (nSPS) is 25.0. The highest BCUT2D eigenvalue weighted by molar-refractivity contribution is 6.74. The maximum atomic E-state index is 10.7. The van der Waals surface area contributed by atoms with Gasteiger partial charge >= 0.3 is 11.9 Å². The van der Waals surface area contributed by atoms with Gasteiger partial charge in [-0.3, -0.25) is 9.59 Å². The Morgan fingerprint density at radius 3 is 1.48 bits per heavy atom. The number of unbranched alkanes of at least 4 members (excludes halogenated alkanes) is 2. The second-order valence-electron chi connectivity index (χ2n) is 19.7. The zero-order valence-corrected chi connectivity index (χ0v) is 39.9. The molecule has 0 saturated heterocycles. The average Bonchev–Trinajstić information content (AvgIpc) is 3.66. The van der Waals surface area contributed by atoms with Gasteiger partial charge in [0.15, 0.2) is 8.32 Å². The summed E-state index contributed by atoms with van der Waals surface area (Å²) in [5.74, 6) is -1.49. The minimum Gasteiger partial charge on any atom is -0.481 e. The van der Waals surface area contributed by atoms with Crippen LogP contribution in [0, 0.1) is 23.7 Å². The van der Waals surface area contributed by atoms with Crippen LogP contribution in [0.4, 0.5) is 0 Å². The molecule has 0 aliphatic heterocycles. The molecule has 354 valence electrons. The first kappa shape index (κ1) is 54.2. The van der Waals surface area contributed by atoms with Gasteiger partial charge in [0.1, 0.15) is 0 Å². The van der Waals surface area contributed by atoms with Crippen molar-refractivity contribution in [1.82, 2.24) is 0 Å². The summed E-state index contributed by atoms with van der Waals surface area (Å²) in [5.41, 5.74) is 2.53. The fourth-order valence-corrected chi connectivity index (χ4v) is 10.4. The molecule has 0 heterocycles. The summed E-state index contributed by atoms with van der Waals surface area (Å²) < 4.78 is 6.86. The molecule has 0 unspecified atom stereocenters. The number of aliphatic hydroxyl groups excluding tert-OH is 5. The van der Waals surface area contributed by atoms with Crippen LogP contribution in [0.25, 0.3) is 0 Å². The van der Waals surface area contributed by atoms with Gasteiger partial charge in [-0.1, -0.05) is 106 Å². The number of aliphatic carboxylic acids is 2. The predicted molar refractivity (Wildman–Crippen MR) is 254 cm³/mol. The summed E-state index contributed by atoms with van der Waals surface area (Å²) in [7, 11) is -1.94.